The molecule has 1 aromatic carbocycles. The second-order valence-corrected chi connectivity index (χ2v) is 8.48. The van der Waals surface area contributed by atoms with Crippen LogP contribution >= 0.6 is 0 Å². The first kappa shape index (κ1) is 17.1. The Hall–Kier alpha value is -2.30. The fourth-order valence-corrected chi connectivity index (χ4v) is 5.23. The molecule has 0 saturated heterocycles. The molecule has 3 atom stereocenters. The molecule has 2 aliphatic rings. The Labute approximate surface area is 153 Å². The van der Waals surface area contributed by atoms with Crippen LogP contribution in [0.4, 0.5) is 0 Å². The maximum Gasteiger partial charge on any atom is 0.338 e. The third-order valence-corrected chi connectivity index (χ3v) is 7.28. The van der Waals surface area contributed by atoms with Crippen LogP contribution in [0, 0.1) is 5.41 Å². The number of carbonyl (C=O) groups excluding carboxylic acids is 1. The van der Waals surface area contributed by atoms with E-state index in [-0.39, 0.29) is 28.4 Å². The molecule has 0 radical (unpaired) electrons. The topological polar surface area (TPSA) is 64.1 Å². The Morgan fingerprint density at radius 1 is 1.31 bits per heavy atom. The molecular formula is C21H26N2O3. The minimum absolute atomic E-state index is 0.000995. The van der Waals surface area contributed by atoms with Crippen LogP contribution in [-0.4, -0.2) is 22.9 Å². The van der Waals surface area contributed by atoms with Crippen molar-refractivity contribution in [2.75, 3.05) is 7.11 Å². The van der Waals surface area contributed by atoms with Gasteiger partial charge in [0.05, 0.1) is 18.7 Å². The third-order valence-electron chi connectivity index (χ3n) is 7.28. The number of fused-ring (bicyclic) bond motifs is 5. The first-order valence-electron chi connectivity index (χ1n) is 9.26. The smallest absolute Gasteiger partial charge is 0.338 e. The average molecular weight is 354 g/mol. The van der Waals surface area contributed by atoms with Crippen molar-refractivity contribution in [2.45, 2.75) is 57.9 Å². The van der Waals surface area contributed by atoms with Crippen LogP contribution in [0.1, 0.15) is 79.7 Å². The molecule has 1 N–H and O–H groups in total. The number of aromatic nitrogens is 2. The van der Waals surface area contributed by atoms with Gasteiger partial charge in [0.1, 0.15) is 0 Å². The number of esters is 1. The number of rotatable bonds is 3. The van der Waals surface area contributed by atoms with Crippen molar-refractivity contribution in [1.82, 2.24) is 9.78 Å². The molecule has 2 aromatic rings. The zero-order valence-electron chi connectivity index (χ0n) is 16.1. The second kappa shape index (κ2) is 5.35. The van der Waals surface area contributed by atoms with Crippen LogP contribution in [0.15, 0.2) is 29.1 Å². The minimum atomic E-state index is -0.382. The Kier molecular flexibility index (Phi) is 3.52. The highest BCUT2D eigenvalue weighted by atomic mass is 16.5. The molecule has 1 unspecified atom stereocenters. The lowest BCUT2D eigenvalue weighted by Crippen LogP contribution is -2.33. The van der Waals surface area contributed by atoms with Crippen LogP contribution < -0.4 is 5.56 Å². The predicted octanol–water partition coefficient (Wildman–Crippen LogP) is 3.75. The Morgan fingerprint density at radius 3 is 2.65 bits per heavy atom. The highest BCUT2D eigenvalue weighted by molar-refractivity contribution is 5.91. The van der Waals surface area contributed by atoms with Crippen molar-refractivity contribution < 1.29 is 9.53 Å². The van der Waals surface area contributed by atoms with Gasteiger partial charge in [-0.2, -0.15) is 0 Å². The Balaban J connectivity index is 1.83. The summed E-state index contributed by atoms with van der Waals surface area (Å²) in [7, 11) is 1.37. The van der Waals surface area contributed by atoms with Crippen LogP contribution in [0.3, 0.4) is 0 Å². The monoisotopic (exact) mass is 354 g/mol. The van der Waals surface area contributed by atoms with Gasteiger partial charge in [-0.1, -0.05) is 39.0 Å². The molecular weight excluding hydrogens is 328 g/mol. The molecule has 5 nitrogen and oxygen atoms in total. The first-order chi connectivity index (χ1) is 12.2. The van der Waals surface area contributed by atoms with Crippen LogP contribution in [0.2, 0.25) is 0 Å². The Morgan fingerprint density at radius 2 is 2.00 bits per heavy atom. The molecule has 1 aromatic heterocycles. The van der Waals surface area contributed by atoms with Crippen molar-refractivity contribution in [3.8, 4) is 0 Å². The molecule has 4 rings (SSSR count). The molecule has 1 fully saturated rings. The van der Waals surface area contributed by atoms with E-state index in [1.54, 1.807) is 10.7 Å². The van der Waals surface area contributed by atoms with Gasteiger partial charge in [0.2, 0.25) is 0 Å². The van der Waals surface area contributed by atoms with Gasteiger partial charge in [-0.25, -0.2) is 9.48 Å². The van der Waals surface area contributed by atoms with E-state index >= 15 is 0 Å². The van der Waals surface area contributed by atoms with E-state index < -0.39 is 0 Å². The summed E-state index contributed by atoms with van der Waals surface area (Å²) in [6, 6.07) is 7.05. The average Bonchev–Trinajstić information content (AvgIpc) is 3.15. The molecule has 5 heteroatoms. The molecule has 26 heavy (non-hydrogen) atoms. The van der Waals surface area contributed by atoms with Crippen molar-refractivity contribution in [3.05, 3.63) is 57.0 Å². The second-order valence-electron chi connectivity index (χ2n) is 8.48. The maximum atomic E-state index is 13.3. The highest BCUT2D eigenvalue weighted by Gasteiger charge is 2.62. The molecule has 0 amide bonds. The SMILES string of the molecule is COC(=O)c1ccccc1C(C)n1[nH]c2c(c1=O)[C@H]1CC[C@]2(C)C1(C)C. The summed E-state index contributed by atoms with van der Waals surface area (Å²) in [6.45, 7) is 8.77. The number of carbonyl (C=O) groups is 1. The quantitative estimate of drug-likeness (QED) is 0.854. The van der Waals surface area contributed by atoms with Crippen molar-refractivity contribution >= 4 is 5.97 Å². The molecule has 1 saturated carbocycles. The van der Waals surface area contributed by atoms with Crippen molar-refractivity contribution in [2.24, 2.45) is 5.41 Å². The fourth-order valence-electron chi connectivity index (χ4n) is 5.23. The van der Waals surface area contributed by atoms with E-state index in [4.69, 9.17) is 4.74 Å². The van der Waals surface area contributed by atoms with Gasteiger partial charge in [-0.15, -0.1) is 0 Å². The van der Waals surface area contributed by atoms with E-state index in [0.29, 0.717) is 11.5 Å². The number of ether oxygens (including phenoxy) is 1. The number of nitrogens with zero attached hydrogens (tertiary/aromatic N) is 1. The summed E-state index contributed by atoms with van der Waals surface area (Å²) in [5, 5.41) is 3.42. The van der Waals surface area contributed by atoms with Gasteiger partial charge >= 0.3 is 5.97 Å². The number of benzene rings is 1. The van der Waals surface area contributed by atoms with Gasteiger partial charge in [-0.3, -0.25) is 9.89 Å². The van der Waals surface area contributed by atoms with Gasteiger partial charge in [0.25, 0.3) is 5.56 Å². The zero-order chi connectivity index (χ0) is 18.9. The summed E-state index contributed by atoms with van der Waals surface area (Å²) in [6.07, 6.45) is 2.17. The number of H-pyrrole nitrogens is 1. The molecule has 2 aliphatic carbocycles. The minimum Gasteiger partial charge on any atom is -0.465 e. The molecule has 0 spiro atoms. The van der Waals surface area contributed by atoms with E-state index in [9.17, 15) is 9.59 Å². The van der Waals surface area contributed by atoms with E-state index in [2.05, 4.69) is 25.9 Å². The molecule has 0 aliphatic heterocycles. The predicted molar refractivity (Wildman–Crippen MR) is 99.8 cm³/mol. The summed E-state index contributed by atoms with van der Waals surface area (Å²) >= 11 is 0. The van der Waals surface area contributed by atoms with Crippen molar-refractivity contribution in [3.63, 3.8) is 0 Å². The molecule has 138 valence electrons. The number of nitrogens with one attached hydrogen (secondary N) is 1. The van der Waals surface area contributed by atoms with E-state index in [1.807, 2.05) is 25.1 Å². The summed E-state index contributed by atoms with van der Waals surface area (Å²) in [4.78, 5) is 25.4. The third kappa shape index (κ3) is 1.91. The fraction of sp³-hybridized carbons (Fsp3) is 0.524. The van der Waals surface area contributed by atoms with Crippen LogP contribution in [0.5, 0.6) is 0 Å². The number of hydrogen-bond donors (Lipinski definition) is 1. The lowest BCUT2D eigenvalue weighted by Gasteiger charge is -2.35. The van der Waals surface area contributed by atoms with E-state index in [0.717, 1.165) is 29.7 Å². The molecule has 1 heterocycles. The summed E-state index contributed by atoms with van der Waals surface area (Å²) < 4.78 is 6.60. The van der Waals surface area contributed by atoms with Crippen LogP contribution in [0.25, 0.3) is 0 Å². The lowest BCUT2D eigenvalue weighted by molar-refractivity contribution is 0.0598. The Bertz CT molecular complexity index is 952. The summed E-state index contributed by atoms with van der Waals surface area (Å²) in [5.41, 5.74) is 3.47. The maximum absolute atomic E-state index is 13.3. The zero-order valence-corrected chi connectivity index (χ0v) is 16.1. The number of methoxy groups -OCH3 is 1. The number of aromatic amines is 1. The van der Waals surface area contributed by atoms with Gasteiger partial charge in [0, 0.05) is 16.7 Å². The van der Waals surface area contributed by atoms with E-state index in [1.165, 1.54) is 7.11 Å². The van der Waals surface area contributed by atoms with Crippen LogP contribution in [-0.2, 0) is 10.2 Å². The highest BCUT2D eigenvalue weighted by Crippen LogP contribution is 2.66. The first-order valence-corrected chi connectivity index (χ1v) is 9.26. The van der Waals surface area contributed by atoms with Crippen molar-refractivity contribution in [1.29, 1.82) is 0 Å². The standard InChI is InChI=1S/C21H26N2O3/c1-12(13-8-6-7-9-14(13)19(25)26-5)23-18(24)16-15-10-11-21(4,17(16)22-23)20(15,2)3/h6-9,12,15,22H,10-11H2,1-5H3/t12?,15-,21+/m1/s1. The van der Waals surface area contributed by atoms with Gasteiger partial charge in [0.15, 0.2) is 0 Å². The van der Waals surface area contributed by atoms with Gasteiger partial charge in [-0.05, 0) is 42.7 Å². The lowest BCUT2D eigenvalue weighted by atomic mass is 9.70. The summed E-state index contributed by atoms with van der Waals surface area (Å²) in [5.74, 6) is -0.0803. The van der Waals surface area contributed by atoms with Gasteiger partial charge < -0.3 is 4.74 Å². The normalized spacial score (nSPS) is 26.6. The largest absolute Gasteiger partial charge is 0.465 e. The molecule has 2 bridgehead atoms. The number of hydrogen-bond acceptors (Lipinski definition) is 3.